The van der Waals surface area contributed by atoms with Crippen molar-refractivity contribution in [3.8, 4) is 0 Å². The van der Waals surface area contributed by atoms with E-state index in [9.17, 15) is 14.3 Å². The monoisotopic (exact) mass is 278 g/mol. The Bertz CT molecular complexity index is 663. The van der Waals surface area contributed by atoms with Crippen LogP contribution in [0.25, 0.3) is 11.0 Å². The first-order valence-electron chi connectivity index (χ1n) is 6.60. The van der Waals surface area contributed by atoms with Gasteiger partial charge in [-0.25, -0.2) is 9.37 Å². The van der Waals surface area contributed by atoms with Crippen molar-refractivity contribution >= 4 is 17.0 Å². The Morgan fingerprint density at radius 1 is 1.50 bits per heavy atom. The first-order chi connectivity index (χ1) is 9.25. The summed E-state index contributed by atoms with van der Waals surface area (Å²) in [4.78, 5) is 16.0. The molecule has 0 bridgehead atoms. The van der Waals surface area contributed by atoms with Crippen molar-refractivity contribution in [2.45, 2.75) is 27.2 Å². The normalized spacial score (nSPS) is 14.7. The zero-order valence-corrected chi connectivity index (χ0v) is 12.1. The van der Waals surface area contributed by atoms with Crippen LogP contribution in [0, 0.1) is 17.2 Å². The Labute approximate surface area is 117 Å². The smallest absolute Gasteiger partial charge is 0.310 e. The Kier molecular flexibility index (Phi) is 3.54. The van der Waals surface area contributed by atoms with Crippen LogP contribution in [0.3, 0.4) is 0 Å². The zero-order valence-electron chi connectivity index (χ0n) is 12.1. The largest absolute Gasteiger partial charge is 0.481 e. The van der Waals surface area contributed by atoms with Gasteiger partial charge in [0, 0.05) is 13.5 Å². The minimum Gasteiger partial charge on any atom is -0.481 e. The number of hydrogen-bond donors (Lipinski definition) is 1. The number of carboxylic acid groups (broad SMARTS) is 1. The van der Waals surface area contributed by atoms with E-state index in [0.29, 0.717) is 23.3 Å². The molecular weight excluding hydrogens is 259 g/mol. The van der Waals surface area contributed by atoms with Gasteiger partial charge < -0.3 is 9.67 Å². The maximum absolute atomic E-state index is 13.3. The number of aryl methyl sites for hydroxylation is 1. The third-order valence-corrected chi connectivity index (χ3v) is 4.22. The fraction of sp³-hybridized carbons (Fsp3) is 0.467. The van der Waals surface area contributed by atoms with E-state index in [2.05, 4.69) is 4.98 Å². The average Bonchev–Trinajstić information content (AvgIpc) is 2.66. The van der Waals surface area contributed by atoms with Gasteiger partial charge in [0.2, 0.25) is 0 Å². The molecule has 2 aromatic rings. The van der Waals surface area contributed by atoms with Crippen LogP contribution in [0.2, 0.25) is 0 Å². The highest BCUT2D eigenvalue weighted by atomic mass is 19.1. The molecule has 0 saturated heterocycles. The first-order valence-corrected chi connectivity index (χ1v) is 6.60. The number of hydrogen-bond acceptors (Lipinski definition) is 2. The number of benzene rings is 1. The van der Waals surface area contributed by atoms with Gasteiger partial charge in [-0.05, 0) is 31.0 Å². The number of nitrogens with zero attached hydrogens (tertiary/aromatic N) is 2. The molecule has 0 aliphatic carbocycles. The minimum absolute atomic E-state index is 0.0310. The number of halogens is 1. The summed E-state index contributed by atoms with van der Waals surface area (Å²) in [5.74, 6) is -0.539. The van der Waals surface area contributed by atoms with Crippen molar-refractivity contribution in [2.75, 3.05) is 0 Å². The second kappa shape index (κ2) is 4.89. The van der Waals surface area contributed by atoms with E-state index in [0.717, 1.165) is 0 Å². The molecule has 1 heterocycles. The van der Waals surface area contributed by atoms with Gasteiger partial charge in [0.05, 0.1) is 16.4 Å². The molecule has 0 spiro atoms. The van der Waals surface area contributed by atoms with Gasteiger partial charge in [-0.2, -0.15) is 0 Å². The minimum atomic E-state index is -0.895. The van der Waals surface area contributed by atoms with Crippen molar-refractivity contribution in [1.29, 1.82) is 0 Å². The molecule has 0 fully saturated rings. The Morgan fingerprint density at radius 2 is 2.15 bits per heavy atom. The highest BCUT2D eigenvalue weighted by Gasteiger charge is 2.38. The number of carbonyl (C=O) groups is 1. The van der Waals surface area contributed by atoms with Gasteiger partial charge in [-0.3, -0.25) is 4.79 Å². The quantitative estimate of drug-likeness (QED) is 0.935. The molecule has 0 saturated carbocycles. The second-order valence-corrected chi connectivity index (χ2v) is 5.77. The molecule has 2 rings (SSSR count). The molecule has 0 aliphatic heterocycles. The van der Waals surface area contributed by atoms with Crippen LogP contribution in [0.5, 0.6) is 0 Å². The molecule has 0 amide bonds. The lowest BCUT2D eigenvalue weighted by Crippen LogP contribution is -2.36. The summed E-state index contributed by atoms with van der Waals surface area (Å²) in [6, 6.07) is 4.39. The van der Waals surface area contributed by atoms with Gasteiger partial charge in [0.25, 0.3) is 0 Å². The molecule has 1 atom stereocenters. The number of carboxylic acids is 1. The summed E-state index contributed by atoms with van der Waals surface area (Å²) in [5.41, 5.74) is 0.463. The Balaban J connectivity index is 2.48. The number of rotatable bonds is 4. The lowest BCUT2D eigenvalue weighted by molar-refractivity contribution is -0.150. The molecule has 1 N–H and O–H groups in total. The summed E-state index contributed by atoms with van der Waals surface area (Å²) in [6.07, 6.45) is 0.312. The molecule has 4 nitrogen and oxygen atoms in total. The fourth-order valence-corrected chi connectivity index (χ4v) is 2.23. The van der Waals surface area contributed by atoms with Crippen LogP contribution < -0.4 is 0 Å². The molecule has 108 valence electrons. The lowest BCUT2D eigenvalue weighted by atomic mass is 9.76. The first kappa shape index (κ1) is 14.5. The van der Waals surface area contributed by atoms with Gasteiger partial charge in [-0.1, -0.05) is 13.8 Å². The molecule has 20 heavy (non-hydrogen) atoms. The topological polar surface area (TPSA) is 55.1 Å². The third kappa shape index (κ3) is 2.28. The van der Waals surface area contributed by atoms with E-state index in [-0.39, 0.29) is 11.7 Å². The van der Waals surface area contributed by atoms with Crippen molar-refractivity contribution in [1.82, 2.24) is 9.55 Å². The highest BCUT2D eigenvalue weighted by Crippen LogP contribution is 2.32. The molecule has 0 radical (unpaired) electrons. The lowest BCUT2D eigenvalue weighted by Gasteiger charge is -2.28. The van der Waals surface area contributed by atoms with E-state index in [4.69, 9.17) is 0 Å². The molecule has 0 aliphatic rings. The van der Waals surface area contributed by atoms with Crippen molar-refractivity contribution in [3.05, 3.63) is 29.8 Å². The van der Waals surface area contributed by atoms with Crippen LogP contribution >= 0.6 is 0 Å². The number of imidazole rings is 1. The van der Waals surface area contributed by atoms with Crippen molar-refractivity contribution in [3.63, 3.8) is 0 Å². The standard InChI is InChI=1S/C15H19FN2O2/c1-9(2)15(3,14(19)20)8-13-17-11-6-5-10(16)7-12(11)18(13)4/h5-7,9H,8H2,1-4H3,(H,19,20). The van der Waals surface area contributed by atoms with Crippen LogP contribution in [-0.2, 0) is 18.3 Å². The highest BCUT2D eigenvalue weighted by molar-refractivity contribution is 5.77. The maximum atomic E-state index is 13.3. The predicted octanol–water partition coefficient (Wildman–Crippen LogP) is 3.00. The van der Waals surface area contributed by atoms with E-state index in [1.807, 2.05) is 13.8 Å². The summed E-state index contributed by atoms with van der Waals surface area (Å²) in [5, 5.41) is 9.48. The average molecular weight is 278 g/mol. The Hall–Kier alpha value is -1.91. The Morgan fingerprint density at radius 3 is 2.70 bits per heavy atom. The van der Waals surface area contributed by atoms with Crippen molar-refractivity contribution in [2.24, 2.45) is 18.4 Å². The summed E-state index contributed by atoms with van der Waals surface area (Å²) < 4.78 is 15.1. The molecule has 1 unspecified atom stereocenters. The van der Waals surface area contributed by atoms with E-state index in [1.54, 1.807) is 24.6 Å². The van der Waals surface area contributed by atoms with Gasteiger partial charge >= 0.3 is 5.97 Å². The van der Waals surface area contributed by atoms with Crippen LogP contribution in [0.15, 0.2) is 18.2 Å². The van der Waals surface area contributed by atoms with E-state index in [1.165, 1.54) is 12.1 Å². The summed E-state index contributed by atoms with van der Waals surface area (Å²) in [7, 11) is 1.78. The zero-order chi connectivity index (χ0) is 15.1. The van der Waals surface area contributed by atoms with Crippen LogP contribution in [-0.4, -0.2) is 20.6 Å². The van der Waals surface area contributed by atoms with Crippen molar-refractivity contribution < 1.29 is 14.3 Å². The SMILES string of the molecule is CC(C)C(C)(Cc1nc2ccc(F)cc2n1C)C(=O)O. The van der Waals surface area contributed by atoms with Gasteiger partial charge in [-0.15, -0.1) is 0 Å². The molecule has 5 heteroatoms. The summed E-state index contributed by atoms with van der Waals surface area (Å²) >= 11 is 0. The van der Waals surface area contributed by atoms with E-state index < -0.39 is 11.4 Å². The van der Waals surface area contributed by atoms with Crippen LogP contribution in [0.1, 0.15) is 26.6 Å². The second-order valence-electron chi connectivity index (χ2n) is 5.77. The molecular formula is C15H19FN2O2. The predicted molar refractivity (Wildman–Crippen MR) is 75.0 cm³/mol. The molecule has 1 aromatic heterocycles. The number of aliphatic carboxylic acids is 1. The number of aromatic nitrogens is 2. The van der Waals surface area contributed by atoms with Gasteiger partial charge in [0.1, 0.15) is 11.6 Å². The third-order valence-electron chi connectivity index (χ3n) is 4.22. The summed E-state index contributed by atoms with van der Waals surface area (Å²) in [6.45, 7) is 5.49. The fourth-order valence-electron chi connectivity index (χ4n) is 2.23. The number of fused-ring (bicyclic) bond motifs is 1. The maximum Gasteiger partial charge on any atom is 0.310 e. The molecule has 1 aromatic carbocycles. The van der Waals surface area contributed by atoms with Gasteiger partial charge in [0.15, 0.2) is 0 Å². The van der Waals surface area contributed by atoms with E-state index >= 15 is 0 Å². The van der Waals surface area contributed by atoms with Crippen LogP contribution in [0.4, 0.5) is 4.39 Å².